The predicted octanol–water partition coefficient (Wildman–Crippen LogP) is 2.70. The SMILES string of the molecule is CNCc1cccc(OCCn2ccc(C(F)(F)F)n2)c1. The number of nitrogens with one attached hydrogen (secondary N) is 1. The van der Waals surface area contributed by atoms with E-state index in [9.17, 15) is 13.2 Å². The molecule has 2 aromatic rings. The molecule has 1 heterocycles. The molecule has 1 aromatic carbocycles. The zero-order valence-corrected chi connectivity index (χ0v) is 11.5. The highest BCUT2D eigenvalue weighted by atomic mass is 19.4. The number of aromatic nitrogens is 2. The highest BCUT2D eigenvalue weighted by molar-refractivity contribution is 5.28. The molecule has 4 nitrogen and oxygen atoms in total. The number of hydrogen-bond donors (Lipinski definition) is 1. The Bertz CT molecular complexity index is 581. The van der Waals surface area contributed by atoms with E-state index in [4.69, 9.17) is 4.74 Å². The van der Waals surface area contributed by atoms with Gasteiger partial charge in [-0.05, 0) is 30.8 Å². The van der Waals surface area contributed by atoms with E-state index in [0.29, 0.717) is 5.75 Å². The van der Waals surface area contributed by atoms with Crippen LogP contribution in [0.15, 0.2) is 36.5 Å². The van der Waals surface area contributed by atoms with Crippen LogP contribution in [0.1, 0.15) is 11.3 Å². The number of rotatable bonds is 6. The summed E-state index contributed by atoms with van der Waals surface area (Å²) < 4.78 is 43.9. The van der Waals surface area contributed by atoms with Crippen LogP contribution in [0.2, 0.25) is 0 Å². The summed E-state index contributed by atoms with van der Waals surface area (Å²) >= 11 is 0. The van der Waals surface area contributed by atoms with E-state index in [-0.39, 0.29) is 13.2 Å². The normalized spacial score (nSPS) is 11.6. The molecule has 0 atom stereocenters. The second-order valence-electron chi connectivity index (χ2n) is 4.49. The van der Waals surface area contributed by atoms with Crippen molar-refractivity contribution < 1.29 is 17.9 Å². The molecule has 0 saturated heterocycles. The maximum atomic E-state index is 12.4. The first-order valence-corrected chi connectivity index (χ1v) is 6.46. The summed E-state index contributed by atoms with van der Waals surface area (Å²) in [5, 5.41) is 6.50. The Hall–Kier alpha value is -2.02. The molecule has 21 heavy (non-hydrogen) atoms. The van der Waals surface area contributed by atoms with E-state index < -0.39 is 11.9 Å². The van der Waals surface area contributed by atoms with Gasteiger partial charge < -0.3 is 10.1 Å². The van der Waals surface area contributed by atoms with E-state index in [1.54, 1.807) is 0 Å². The second kappa shape index (κ2) is 6.62. The van der Waals surface area contributed by atoms with Gasteiger partial charge in [-0.1, -0.05) is 12.1 Å². The third-order valence-electron chi connectivity index (χ3n) is 2.80. The summed E-state index contributed by atoms with van der Waals surface area (Å²) in [6, 6.07) is 8.49. The van der Waals surface area contributed by atoms with Gasteiger partial charge in [0.25, 0.3) is 0 Å². The smallest absolute Gasteiger partial charge is 0.435 e. The number of halogens is 3. The van der Waals surface area contributed by atoms with Crippen molar-refractivity contribution in [3.63, 3.8) is 0 Å². The molecule has 0 radical (unpaired) electrons. The van der Waals surface area contributed by atoms with Crippen LogP contribution in [0.25, 0.3) is 0 Å². The average Bonchev–Trinajstić information content (AvgIpc) is 2.88. The maximum Gasteiger partial charge on any atom is 0.435 e. The van der Waals surface area contributed by atoms with Gasteiger partial charge >= 0.3 is 6.18 Å². The lowest BCUT2D eigenvalue weighted by Gasteiger charge is -2.08. The van der Waals surface area contributed by atoms with Gasteiger partial charge in [0, 0.05) is 12.7 Å². The molecular formula is C14H16F3N3O. The predicted molar refractivity (Wildman–Crippen MR) is 71.9 cm³/mol. The fourth-order valence-corrected chi connectivity index (χ4v) is 1.84. The van der Waals surface area contributed by atoms with Gasteiger partial charge in [0.2, 0.25) is 0 Å². The van der Waals surface area contributed by atoms with Crippen LogP contribution in [-0.2, 0) is 19.3 Å². The first kappa shape index (κ1) is 15.4. The van der Waals surface area contributed by atoms with Crippen LogP contribution in [0.3, 0.4) is 0 Å². The fourth-order valence-electron chi connectivity index (χ4n) is 1.84. The van der Waals surface area contributed by atoms with Gasteiger partial charge in [0.15, 0.2) is 5.69 Å². The molecule has 0 amide bonds. The Labute approximate surface area is 120 Å². The van der Waals surface area contributed by atoms with Crippen molar-refractivity contribution in [3.05, 3.63) is 47.8 Å². The molecule has 0 aliphatic rings. The molecule has 0 unspecified atom stereocenters. The van der Waals surface area contributed by atoms with Crippen molar-refractivity contribution in [1.29, 1.82) is 0 Å². The summed E-state index contributed by atoms with van der Waals surface area (Å²) in [5.41, 5.74) is 0.187. The van der Waals surface area contributed by atoms with Gasteiger partial charge in [-0.25, -0.2) is 0 Å². The lowest BCUT2D eigenvalue weighted by atomic mass is 10.2. The molecule has 2 rings (SSSR count). The van der Waals surface area contributed by atoms with Crippen molar-refractivity contribution in [1.82, 2.24) is 15.1 Å². The van der Waals surface area contributed by atoms with Crippen molar-refractivity contribution in [2.24, 2.45) is 0 Å². The van der Waals surface area contributed by atoms with E-state index in [1.807, 2.05) is 31.3 Å². The average molecular weight is 299 g/mol. The molecule has 0 saturated carbocycles. The number of benzene rings is 1. The van der Waals surface area contributed by atoms with E-state index in [1.165, 1.54) is 10.9 Å². The highest BCUT2D eigenvalue weighted by Crippen LogP contribution is 2.27. The minimum Gasteiger partial charge on any atom is -0.492 e. The molecule has 1 aromatic heterocycles. The summed E-state index contributed by atoms with van der Waals surface area (Å²) in [6.07, 6.45) is -3.11. The number of alkyl halides is 3. The first-order valence-electron chi connectivity index (χ1n) is 6.46. The van der Waals surface area contributed by atoms with Crippen molar-refractivity contribution >= 4 is 0 Å². The topological polar surface area (TPSA) is 39.1 Å². The molecule has 114 valence electrons. The monoisotopic (exact) mass is 299 g/mol. The van der Waals surface area contributed by atoms with E-state index in [2.05, 4.69) is 10.4 Å². The second-order valence-corrected chi connectivity index (χ2v) is 4.49. The Balaban J connectivity index is 1.87. The van der Waals surface area contributed by atoms with Gasteiger partial charge in [0.1, 0.15) is 12.4 Å². The Kier molecular flexibility index (Phi) is 4.85. The standard InChI is InChI=1S/C14H16F3N3O/c1-18-10-11-3-2-4-12(9-11)21-8-7-20-6-5-13(19-20)14(15,16)17/h2-6,9,18H,7-8,10H2,1H3. The van der Waals surface area contributed by atoms with Gasteiger partial charge in [0.05, 0.1) is 6.54 Å². The number of nitrogens with zero attached hydrogens (tertiary/aromatic N) is 2. The van der Waals surface area contributed by atoms with E-state index >= 15 is 0 Å². The fraction of sp³-hybridized carbons (Fsp3) is 0.357. The third kappa shape index (κ3) is 4.49. The lowest BCUT2D eigenvalue weighted by molar-refractivity contribution is -0.141. The minimum atomic E-state index is -4.41. The van der Waals surface area contributed by atoms with Crippen LogP contribution >= 0.6 is 0 Å². The number of ether oxygens (including phenoxy) is 1. The van der Waals surface area contributed by atoms with Crippen LogP contribution < -0.4 is 10.1 Å². The minimum absolute atomic E-state index is 0.252. The molecular weight excluding hydrogens is 283 g/mol. The first-order chi connectivity index (χ1) is 9.99. The third-order valence-corrected chi connectivity index (χ3v) is 2.80. The molecule has 0 aliphatic carbocycles. The van der Waals surface area contributed by atoms with Crippen molar-refractivity contribution in [3.8, 4) is 5.75 Å². The van der Waals surface area contributed by atoms with Gasteiger partial charge in [-0.3, -0.25) is 4.68 Å². The largest absolute Gasteiger partial charge is 0.492 e. The lowest BCUT2D eigenvalue weighted by Crippen LogP contribution is -2.12. The summed E-state index contributed by atoms with van der Waals surface area (Å²) in [5.74, 6) is 0.686. The zero-order valence-electron chi connectivity index (χ0n) is 11.5. The Morgan fingerprint density at radius 2 is 2.10 bits per heavy atom. The highest BCUT2D eigenvalue weighted by Gasteiger charge is 2.33. The van der Waals surface area contributed by atoms with Crippen LogP contribution in [0, 0.1) is 0 Å². The molecule has 0 spiro atoms. The molecule has 1 N–H and O–H groups in total. The van der Waals surface area contributed by atoms with Crippen LogP contribution in [0.4, 0.5) is 13.2 Å². The van der Waals surface area contributed by atoms with Crippen molar-refractivity contribution in [2.45, 2.75) is 19.3 Å². The van der Waals surface area contributed by atoms with Crippen LogP contribution in [0.5, 0.6) is 5.75 Å². The molecule has 0 aliphatic heterocycles. The zero-order chi connectivity index (χ0) is 15.3. The van der Waals surface area contributed by atoms with E-state index in [0.717, 1.165) is 18.2 Å². The van der Waals surface area contributed by atoms with Crippen LogP contribution in [-0.4, -0.2) is 23.4 Å². The maximum absolute atomic E-state index is 12.4. The summed E-state index contributed by atoms with van der Waals surface area (Å²) in [7, 11) is 1.85. The van der Waals surface area contributed by atoms with Gasteiger partial charge in [-0.2, -0.15) is 18.3 Å². The van der Waals surface area contributed by atoms with Crippen molar-refractivity contribution in [2.75, 3.05) is 13.7 Å². The number of hydrogen-bond acceptors (Lipinski definition) is 3. The van der Waals surface area contributed by atoms with Gasteiger partial charge in [-0.15, -0.1) is 0 Å². The molecule has 7 heteroatoms. The Morgan fingerprint density at radius 1 is 1.29 bits per heavy atom. The summed E-state index contributed by atoms with van der Waals surface area (Å²) in [6.45, 7) is 1.24. The molecule has 0 bridgehead atoms. The molecule has 0 fully saturated rings. The quantitative estimate of drug-likeness (QED) is 0.891. The summed E-state index contributed by atoms with van der Waals surface area (Å²) in [4.78, 5) is 0. The Morgan fingerprint density at radius 3 is 2.76 bits per heavy atom.